The van der Waals surface area contributed by atoms with Gasteiger partial charge in [0.1, 0.15) is 5.75 Å². The van der Waals surface area contributed by atoms with Gasteiger partial charge >= 0.3 is 11.8 Å². The van der Waals surface area contributed by atoms with E-state index in [9.17, 15) is 9.59 Å². The fraction of sp³-hybridized carbons (Fsp3) is 0.286. The van der Waals surface area contributed by atoms with Crippen LogP contribution in [0.4, 0.5) is 5.69 Å². The molecule has 0 fully saturated rings. The molecule has 0 radical (unpaired) electrons. The molecule has 2 N–H and O–H groups in total. The van der Waals surface area contributed by atoms with Crippen molar-refractivity contribution < 1.29 is 23.8 Å². The molecule has 0 bridgehead atoms. The van der Waals surface area contributed by atoms with Crippen LogP contribution in [0.2, 0.25) is 0 Å². The number of methoxy groups -OCH3 is 1. The summed E-state index contributed by atoms with van der Waals surface area (Å²) in [6, 6.07) is 11.9. The SMILES string of the molecule is CCCOc1ccc(/C=N/NC(=O)C(=O)Nc2ccc(OC)cc2)cc1OCC. The molecule has 154 valence electrons. The van der Waals surface area contributed by atoms with Crippen molar-refractivity contribution in [3.8, 4) is 17.2 Å². The molecule has 0 aliphatic heterocycles. The van der Waals surface area contributed by atoms with E-state index >= 15 is 0 Å². The maximum atomic E-state index is 11.9. The quantitative estimate of drug-likeness (QED) is 0.384. The number of carbonyl (C=O) groups excluding carboxylic acids is 2. The summed E-state index contributed by atoms with van der Waals surface area (Å²) in [6.07, 6.45) is 2.31. The third-order valence-electron chi connectivity index (χ3n) is 3.66. The molecule has 0 saturated carbocycles. The van der Waals surface area contributed by atoms with Crippen LogP contribution in [-0.4, -0.2) is 38.4 Å². The van der Waals surface area contributed by atoms with Gasteiger partial charge in [-0.25, -0.2) is 5.43 Å². The zero-order valence-electron chi connectivity index (χ0n) is 16.7. The third-order valence-corrected chi connectivity index (χ3v) is 3.66. The average Bonchev–Trinajstić information content (AvgIpc) is 2.73. The van der Waals surface area contributed by atoms with Crippen LogP contribution in [0.15, 0.2) is 47.6 Å². The molecule has 0 heterocycles. The maximum Gasteiger partial charge on any atom is 0.329 e. The number of carbonyl (C=O) groups is 2. The molecule has 0 saturated heterocycles. The van der Waals surface area contributed by atoms with E-state index in [0.29, 0.717) is 41.7 Å². The van der Waals surface area contributed by atoms with Crippen molar-refractivity contribution in [2.75, 3.05) is 25.6 Å². The lowest BCUT2D eigenvalue weighted by Gasteiger charge is -2.11. The Morgan fingerprint density at radius 1 is 1.00 bits per heavy atom. The van der Waals surface area contributed by atoms with Crippen molar-refractivity contribution in [2.24, 2.45) is 5.10 Å². The number of amides is 2. The molecular formula is C21H25N3O5. The zero-order valence-corrected chi connectivity index (χ0v) is 16.7. The number of anilines is 1. The van der Waals surface area contributed by atoms with E-state index in [2.05, 4.69) is 15.8 Å². The van der Waals surface area contributed by atoms with Gasteiger partial charge in [-0.15, -0.1) is 0 Å². The Kier molecular flexibility index (Phi) is 8.50. The Hall–Kier alpha value is -3.55. The molecule has 0 aromatic heterocycles. The fourth-order valence-corrected chi connectivity index (χ4v) is 2.28. The summed E-state index contributed by atoms with van der Waals surface area (Å²) in [5.41, 5.74) is 3.36. The number of ether oxygens (including phenoxy) is 3. The van der Waals surface area contributed by atoms with Crippen molar-refractivity contribution in [3.05, 3.63) is 48.0 Å². The van der Waals surface area contributed by atoms with E-state index in [0.717, 1.165) is 6.42 Å². The number of rotatable bonds is 9. The van der Waals surface area contributed by atoms with Crippen LogP contribution in [0.25, 0.3) is 0 Å². The predicted molar refractivity (Wildman–Crippen MR) is 111 cm³/mol. The first-order valence-corrected chi connectivity index (χ1v) is 9.25. The molecule has 0 atom stereocenters. The molecule has 0 aliphatic rings. The van der Waals surface area contributed by atoms with E-state index in [1.807, 2.05) is 13.8 Å². The molecule has 2 rings (SSSR count). The van der Waals surface area contributed by atoms with Crippen LogP contribution in [0, 0.1) is 0 Å². The van der Waals surface area contributed by atoms with E-state index in [1.165, 1.54) is 6.21 Å². The Bertz CT molecular complexity index is 850. The lowest BCUT2D eigenvalue weighted by Crippen LogP contribution is -2.32. The van der Waals surface area contributed by atoms with Gasteiger partial charge < -0.3 is 19.5 Å². The minimum atomic E-state index is -0.884. The summed E-state index contributed by atoms with van der Waals surface area (Å²) >= 11 is 0. The Labute approximate surface area is 169 Å². The minimum Gasteiger partial charge on any atom is -0.497 e. The summed E-state index contributed by atoms with van der Waals surface area (Å²) in [5, 5.41) is 6.30. The third kappa shape index (κ3) is 6.84. The monoisotopic (exact) mass is 399 g/mol. The second kappa shape index (κ2) is 11.3. The van der Waals surface area contributed by atoms with Gasteiger partial charge in [0, 0.05) is 5.69 Å². The van der Waals surface area contributed by atoms with Gasteiger partial charge in [-0.3, -0.25) is 9.59 Å². The van der Waals surface area contributed by atoms with Crippen molar-refractivity contribution >= 4 is 23.7 Å². The number of benzene rings is 2. The molecule has 8 heteroatoms. The molecule has 0 unspecified atom stereocenters. The molecule has 0 aliphatic carbocycles. The van der Waals surface area contributed by atoms with Gasteiger partial charge in [0.2, 0.25) is 0 Å². The lowest BCUT2D eigenvalue weighted by atomic mass is 10.2. The van der Waals surface area contributed by atoms with Crippen molar-refractivity contribution in [1.29, 1.82) is 0 Å². The largest absolute Gasteiger partial charge is 0.497 e. The molecule has 2 aromatic rings. The highest BCUT2D eigenvalue weighted by Crippen LogP contribution is 2.28. The minimum absolute atomic E-state index is 0.471. The van der Waals surface area contributed by atoms with Gasteiger partial charge in [-0.2, -0.15) is 5.10 Å². The summed E-state index contributed by atoms with van der Waals surface area (Å²) in [5.74, 6) is 0.174. The van der Waals surface area contributed by atoms with Crippen molar-refractivity contribution in [3.63, 3.8) is 0 Å². The molecule has 29 heavy (non-hydrogen) atoms. The second-order valence-corrected chi connectivity index (χ2v) is 5.87. The highest BCUT2D eigenvalue weighted by atomic mass is 16.5. The van der Waals surface area contributed by atoms with E-state index in [4.69, 9.17) is 14.2 Å². The van der Waals surface area contributed by atoms with Gasteiger partial charge in [0.05, 0.1) is 26.5 Å². The predicted octanol–water partition coefficient (Wildman–Crippen LogP) is 2.97. The van der Waals surface area contributed by atoms with E-state index in [-0.39, 0.29) is 0 Å². The molecule has 2 aromatic carbocycles. The van der Waals surface area contributed by atoms with Gasteiger partial charge in [-0.05, 0) is 61.4 Å². The number of nitrogens with one attached hydrogen (secondary N) is 2. The first-order valence-electron chi connectivity index (χ1n) is 9.25. The Morgan fingerprint density at radius 3 is 2.41 bits per heavy atom. The maximum absolute atomic E-state index is 11.9. The smallest absolute Gasteiger partial charge is 0.329 e. The first kappa shape index (κ1) is 21.7. The van der Waals surface area contributed by atoms with Crippen molar-refractivity contribution in [2.45, 2.75) is 20.3 Å². The Balaban J connectivity index is 1.94. The van der Waals surface area contributed by atoms with Crippen molar-refractivity contribution in [1.82, 2.24) is 5.43 Å². The summed E-state index contributed by atoms with van der Waals surface area (Å²) < 4.78 is 16.3. The van der Waals surface area contributed by atoms with Crippen LogP contribution in [-0.2, 0) is 9.59 Å². The highest BCUT2D eigenvalue weighted by molar-refractivity contribution is 6.39. The fourth-order valence-electron chi connectivity index (χ4n) is 2.28. The topological polar surface area (TPSA) is 98.2 Å². The first-order chi connectivity index (χ1) is 14.1. The lowest BCUT2D eigenvalue weighted by molar-refractivity contribution is -0.136. The molecular weight excluding hydrogens is 374 g/mol. The summed E-state index contributed by atoms with van der Waals surface area (Å²) in [7, 11) is 1.54. The number of hydrazone groups is 1. The molecule has 0 spiro atoms. The van der Waals surface area contributed by atoms with Crippen LogP contribution >= 0.6 is 0 Å². The number of nitrogens with zero attached hydrogens (tertiary/aromatic N) is 1. The van der Waals surface area contributed by atoms with E-state index < -0.39 is 11.8 Å². The van der Waals surface area contributed by atoms with E-state index in [1.54, 1.807) is 49.6 Å². The summed E-state index contributed by atoms with van der Waals surface area (Å²) in [6.45, 7) is 4.99. The van der Waals surface area contributed by atoms with Crippen LogP contribution in [0.1, 0.15) is 25.8 Å². The zero-order chi connectivity index (χ0) is 21.1. The van der Waals surface area contributed by atoms with Crippen LogP contribution in [0.5, 0.6) is 17.2 Å². The average molecular weight is 399 g/mol. The van der Waals surface area contributed by atoms with Crippen LogP contribution in [0.3, 0.4) is 0 Å². The second-order valence-electron chi connectivity index (χ2n) is 5.87. The summed E-state index contributed by atoms with van der Waals surface area (Å²) in [4.78, 5) is 23.8. The molecule has 8 nitrogen and oxygen atoms in total. The van der Waals surface area contributed by atoms with Crippen LogP contribution < -0.4 is 25.0 Å². The number of hydrogen-bond acceptors (Lipinski definition) is 6. The number of hydrogen-bond donors (Lipinski definition) is 2. The Morgan fingerprint density at radius 2 is 1.76 bits per heavy atom. The standard InChI is InChI=1S/C21H25N3O5/c1-4-12-29-18-11-6-15(13-19(18)28-5-2)14-22-24-21(26)20(25)23-16-7-9-17(27-3)10-8-16/h6-11,13-14H,4-5,12H2,1-3H3,(H,23,25)(H,24,26)/b22-14+. The van der Waals surface area contributed by atoms with Gasteiger partial charge in [0.15, 0.2) is 11.5 Å². The molecule has 2 amide bonds. The van der Waals surface area contributed by atoms with Gasteiger partial charge in [0.25, 0.3) is 0 Å². The normalized spacial score (nSPS) is 10.4. The highest BCUT2D eigenvalue weighted by Gasteiger charge is 2.13. The van der Waals surface area contributed by atoms with Gasteiger partial charge in [-0.1, -0.05) is 6.92 Å².